The van der Waals surface area contributed by atoms with Gasteiger partial charge in [-0.1, -0.05) is 13.3 Å². The summed E-state index contributed by atoms with van der Waals surface area (Å²) in [7, 11) is 0. The van der Waals surface area contributed by atoms with Crippen molar-refractivity contribution in [1.82, 2.24) is 4.90 Å². The van der Waals surface area contributed by atoms with Crippen LogP contribution in [0.4, 0.5) is 0 Å². The Balaban J connectivity index is 2.18. The number of rotatable bonds is 6. The minimum Gasteiger partial charge on any atom is -0.464 e. The highest BCUT2D eigenvalue weighted by Gasteiger charge is 2.28. The summed E-state index contributed by atoms with van der Waals surface area (Å²) in [6.07, 6.45) is 1.88. The third-order valence-electron chi connectivity index (χ3n) is 3.17. The van der Waals surface area contributed by atoms with Gasteiger partial charge >= 0.3 is 5.97 Å². The van der Waals surface area contributed by atoms with Crippen molar-refractivity contribution in [3.8, 4) is 0 Å². The van der Waals surface area contributed by atoms with Crippen LogP contribution in [0.1, 0.15) is 33.6 Å². The predicted octanol–water partition coefficient (Wildman–Crippen LogP) is 1.69. The summed E-state index contributed by atoms with van der Waals surface area (Å²) >= 11 is 0. The predicted molar refractivity (Wildman–Crippen MR) is 66.9 cm³/mol. The zero-order valence-electron chi connectivity index (χ0n) is 11.3. The van der Waals surface area contributed by atoms with Gasteiger partial charge in [-0.25, -0.2) is 0 Å². The van der Waals surface area contributed by atoms with Crippen LogP contribution in [0.3, 0.4) is 0 Å². The molecule has 0 amide bonds. The minimum absolute atomic E-state index is 0.0763. The van der Waals surface area contributed by atoms with Crippen LogP contribution in [0.15, 0.2) is 0 Å². The molecule has 0 aromatic heterocycles. The Labute approximate surface area is 104 Å². The maximum Gasteiger partial charge on any atom is 0.311 e. The number of morpholine rings is 1. The summed E-state index contributed by atoms with van der Waals surface area (Å²) in [6.45, 7) is 10.8. The van der Waals surface area contributed by atoms with Crippen molar-refractivity contribution in [2.75, 3.05) is 39.5 Å². The summed E-state index contributed by atoms with van der Waals surface area (Å²) in [5.74, 6) is -0.0763. The Hall–Kier alpha value is -0.610. The molecule has 0 atom stereocenters. The average Bonchev–Trinajstić information content (AvgIpc) is 2.30. The van der Waals surface area contributed by atoms with Crippen LogP contribution < -0.4 is 0 Å². The second-order valence-corrected chi connectivity index (χ2v) is 5.22. The molecule has 0 N–H and O–H groups in total. The first-order valence-electron chi connectivity index (χ1n) is 6.53. The van der Waals surface area contributed by atoms with Crippen LogP contribution in [0.5, 0.6) is 0 Å². The maximum atomic E-state index is 11.8. The zero-order chi connectivity index (χ0) is 12.7. The standard InChI is InChI=1S/C13H25NO3/c1-4-5-13(2,3)12(15)17-11-8-14-6-9-16-10-7-14/h4-11H2,1-3H3. The SMILES string of the molecule is CCCC(C)(C)C(=O)OCCN1CCOCC1. The third-order valence-corrected chi connectivity index (χ3v) is 3.17. The third kappa shape index (κ3) is 5.04. The largest absolute Gasteiger partial charge is 0.464 e. The molecule has 0 radical (unpaired) electrons. The van der Waals surface area contributed by atoms with E-state index in [9.17, 15) is 4.79 Å². The summed E-state index contributed by atoms with van der Waals surface area (Å²) < 4.78 is 10.6. The van der Waals surface area contributed by atoms with Crippen LogP contribution >= 0.6 is 0 Å². The smallest absolute Gasteiger partial charge is 0.311 e. The zero-order valence-corrected chi connectivity index (χ0v) is 11.3. The number of carbonyl (C=O) groups excluding carboxylic acids is 1. The first kappa shape index (κ1) is 14.5. The normalized spacial score (nSPS) is 18.1. The molecule has 0 spiro atoms. The minimum atomic E-state index is -0.347. The molecule has 1 heterocycles. The van der Waals surface area contributed by atoms with E-state index in [4.69, 9.17) is 9.47 Å². The van der Waals surface area contributed by atoms with E-state index in [-0.39, 0.29) is 11.4 Å². The molecule has 1 aliphatic rings. The van der Waals surface area contributed by atoms with Crippen LogP contribution in [-0.2, 0) is 14.3 Å². The number of esters is 1. The van der Waals surface area contributed by atoms with Gasteiger partial charge < -0.3 is 9.47 Å². The molecule has 0 aliphatic carbocycles. The lowest BCUT2D eigenvalue weighted by atomic mass is 9.88. The molecule has 1 saturated heterocycles. The van der Waals surface area contributed by atoms with Gasteiger partial charge in [-0.3, -0.25) is 9.69 Å². The van der Waals surface area contributed by atoms with Crippen molar-refractivity contribution < 1.29 is 14.3 Å². The molecule has 4 heteroatoms. The molecular weight excluding hydrogens is 218 g/mol. The molecule has 0 bridgehead atoms. The summed E-state index contributed by atoms with van der Waals surface area (Å²) in [5, 5.41) is 0. The van der Waals surface area contributed by atoms with E-state index in [1.165, 1.54) is 0 Å². The van der Waals surface area contributed by atoms with Crippen molar-refractivity contribution in [3.63, 3.8) is 0 Å². The second-order valence-electron chi connectivity index (χ2n) is 5.22. The summed E-state index contributed by atoms with van der Waals surface area (Å²) in [5.41, 5.74) is -0.347. The lowest BCUT2D eigenvalue weighted by Crippen LogP contribution is -2.39. The first-order valence-corrected chi connectivity index (χ1v) is 6.53. The molecule has 100 valence electrons. The summed E-state index contributed by atoms with van der Waals surface area (Å²) in [6, 6.07) is 0. The van der Waals surface area contributed by atoms with Gasteiger partial charge in [0.1, 0.15) is 6.61 Å². The fraction of sp³-hybridized carbons (Fsp3) is 0.923. The van der Waals surface area contributed by atoms with E-state index in [0.717, 1.165) is 45.7 Å². The fourth-order valence-corrected chi connectivity index (χ4v) is 2.01. The lowest BCUT2D eigenvalue weighted by molar-refractivity contribution is -0.155. The molecule has 1 fully saturated rings. The molecule has 17 heavy (non-hydrogen) atoms. The molecule has 1 aliphatic heterocycles. The van der Waals surface area contributed by atoms with Crippen molar-refractivity contribution in [2.45, 2.75) is 33.6 Å². The van der Waals surface area contributed by atoms with Crippen molar-refractivity contribution >= 4 is 5.97 Å². The van der Waals surface area contributed by atoms with Gasteiger partial charge in [0, 0.05) is 19.6 Å². The van der Waals surface area contributed by atoms with Gasteiger partial charge in [0.15, 0.2) is 0 Å². The molecule has 4 nitrogen and oxygen atoms in total. The number of hydrogen-bond donors (Lipinski definition) is 0. The van der Waals surface area contributed by atoms with Gasteiger partial charge in [0.05, 0.1) is 18.6 Å². The highest BCUT2D eigenvalue weighted by molar-refractivity contribution is 5.75. The van der Waals surface area contributed by atoms with E-state index in [1.807, 2.05) is 13.8 Å². The topological polar surface area (TPSA) is 38.8 Å². The van der Waals surface area contributed by atoms with Crippen LogP contribution in [0.25, 0.3) is 0 Å². The van der Waals surface area contributed by atoms with Gasteiger partial charge in [-0.2, -0.15) is 0 Å². The van der Waals surface area contributed by atoms with Crippen LogP contribution in [-0.4, -0.2) is 50.3 Å². The Morgan fingerprint density at radius 1 is 1.35 bits per heavy atom. The lowest BCUT2D eigenvalue weighted by Gasteiger charge is -2.27. The molecule has 0 aromatic carbocycles. The van der Waals surface area contributed by atoms with Gasteiger partial charge in [0.2, 0.25) is 0 Å². The monoisotopic (exact) mass is 243 g/mol. The van der Waals surface area contributed by atoms with Crippen molar-refractivity contribution in [1.29, 1.82) is 0 Å². The highest BCUT2D eigenvalue weighted by Crippen LogP contribution is 2.23. The van der Waals surface area contributed by atoms with Crippen LogP contribution in [0.2, 0.25) is 0 Å². The number of carbonyl (C=O) groups is 1. The molecular formula is C13H25NO3. The van der Waals surface area contributed by atoms with Crippen molar-refractivity contribution in [2.24, 2.45) is 5.41 Å². The van der Waals surface area contributed by atoms with Gasteiger partial charge in [0.25, 0.3) is 0 Å². The maximum absolute atomic E-state index is 11.8. The molecule has 0 unspecified atom stereocenters. The number of nitrogens with zero attached hydrogens (tertiary/aromatic N) is 1. The summed E-state index contributed by atoms with van der Waals surface area (Å²) in [4.78, 5) is 14.1. The van der Waals surface area contributed by atoms with Gasteiger partial charge in [-0.15, -0.1) is 0 Å². The van der Waals surface area contributed by atoms with E-state index < -0.39 is 0 Å². The van der Waals surface area contributed by atoms with Crippen LogP contribution in [0, 0.1) is 5.41 Å². The molecule has 0 saturated carbocycles. The average molecular weight is 243 g/mol. The van der Waals surface area contributed by atoms with E-state index in [1.54, 1.807) is 0 Å². The Morgan fingerprint density at radius 3 is 2.59 bits per heavy atom. The van der Waals surface area contributed by atoms with E-state index >= 15 is 0 Å². The van der Waals surface area contributed by atoms with Gasteiger partial charge in [-0.05, 0) is 20.3 Å². The first-order chi connectivity index (χ1) is 8.06. The Kier molecular flexibility index (Phi) is 5.92. The second kappa shape index (κ2) is 6.97. The fourth-order valence-electron chi connectivity index (χ4n) is 2.01. The molecule has 0 aromatic rings. The number of ether oxygens (including phenoxy) is 2. The quantitative estimate of drug-likeness (QED) is 0.665. The highest BCUT2D eigenvalue weighted by atomic mass is 16.5. The number of hydrogen-bond acceptors (Lipinski definition) is 4. The Morgan fingerprint density at radius 2 is 2.00 bits per heavy atom. The van der Waals surface area contributed by atoms with Crippen molar-refractivity contribution in [3.05, 3.63) is 0 Å². The Bertz CT molecular complexity index is 235. The molecule has 1 rings (SSSR count). The van der Waals surface area contributed by atoms with E-state index in [0.29, 0.717) is 6.61 Å². The van der Waals surface area contributed by atoms with E-state index in [2.05, 4.69) is 11.8 Å².